The van der Waals surface area contributed by atoms with Crippen molar-refractivity contribution in [1.82, 2.24) is 29.3 Å². The molecule has 1 N–H and O–H groups in total. The van der Waals surface area contributed by atoms with Gasteiger partial charge in [0.1, 0.15) is 40.3 Å². The van der Waals surface area contributed by atoms with E-state index in [0.717, 1.165) is 71.2 Å². The van der Waals surface area contributed by atoms with Gasteiger partial charge in [0.25, 0.3) is 0 Å². The molecule has 2 aromatic carbocycles. The highest BCUT2D eigenvalue weighted by Gasteiger charge is 2.34. The number of pyridine rings is 2. The fourth-order valence-electron chi connectivity index (χ4n) is 8.44. The summed E-state index contributed by atoms with van der Waals surface area (Å²) in [7, 11) is 6.41. The molecule has 8 rings (SSSR count). The Balaban J connectivity index is 0.000000198. The Kier molecular flexibility index (Phi) is 14.0. The molecular weight excluding hydrogens is 835 g/mol. The zero-order valence-electron chi connectivity index (χ0n) is 37.7. The average Bonchev–Trinajstić information content (AvgIpc) is 3.80. The van der Waals surface area contributed by atoms with Crippen molar-refractivity contribution >= 4 is 29.7 Å². The first kappa shape index (κ1) is 45.9. The molecule has 0 saturated carbocycles. The van der Waals surface area contributed by atoms with Gasteiger partial charge in [0.2, 0.25) is 0 Å². The van der Waals surface area contributed by atoms with Crippen molar-refractivity contribution in [3.05, 3.63) is 121 Å². The smallest absolute Gasteiger partial charge is 0.410 e. The molecule has 16 heteroatoms. The maximum atomic E-state index is 13.8. The van der Waals surface area contributed by atoms with E-state index in [9.17, 15) is 23.2 Å². The van der Waals surface area contributed by atoms with Crippen molar-refractivity contribution in [2.75, 3.05) is 76.4 Å². The zero-order valence-corrected chi connectivity index (χ0v) is 37.7. The first-order valence-corrected chi connectivity index (χ1v) is 21.4. The summed E-state index contributed by atoms with van der Waals surface area (Å²) >= 11 is 0. The number of carbonyl (C=O) groups excluding carboxylic acids is 3. The van der Waals surface area contributed by atoms with E-state index in [1.54, 1.807) is 54.0 Å². The molecule has 0 aliphatic carbocycles. The maximum absolute atomic E-state index is 13.8. The van der Waals surface area contributed by atoms with E-state index >= 15 is 0 Å². The first-order chi connectivity index (χ1) is 31.2. The van der Waals surface area contributed by atoms with E-state index in [1.807, 2.05) is 68.3 Å². The monoisotopic (exact) mass is 888 g/mol. The predicted octanol–water partition coefficient (Wildman–Crippen LogP) is 7.83. The summed E-state index contributed by atoms with van der Waals surface area (Å²) in [6.45, 7) is 10.9. The van der Waals surface area contributed by atoms with Crippen LogP contribution in [-0.2, 0) is 28.3 Å². The minimum atomic E-state index is -0.569. The van der Waals surface area contributed by atoms with Gasteiger partial charge in [-0.3, -0.25) is 9.97 Å². The molecule has 340 valence electrons. The number of halogens is 2. The molecule has 2 aliphatic heterocycles. The maximum Gasteiger partial charge on any atom is 0.410 e. The number of hydrogen-bond acceptors (Lipinski definition) is 11. The van der Waals surface area contributed by atoms with Crippen LogP contribution < -0.4 is 15.1 Å². The Morgan fingerprint density at radius 3 is 1.29 bits per heavy atom. The lowest BCUT2D eigenvalue weighted by molar-refractivity contribution is 0.0240. The van der Waals surface area contributed by atoms with Crippen LogP contribution in [0.5, 0.6) is 0 Å². The number of piperazine rings is 2. The summed E-state index contributed by atoms with van der Waals surface area (Å²) in [5.74, 6) is 0.145. The van der Waals surface area contributed by atoms with Crippen LogP contribution in [0.2, 0.25) is 0 Å². The molecule has 0 atom stereocenters. The Morgan fingerprint density at radius 2 is 0.923 bits per heavy atom. The highest BCUT2D eigenvalue weighted by molar-refractivity contribution is 6.07. The van der Waals surface area contributed by atoms with Crippen LogP contribution in [0.4, 0.5) is 25.2 Å². The van der Waals surface area contributed by atoms with E-state index in [1.165, 1.54) is 38.5 Å². The van der Waals surface area contributed by atoms with Crippen LogP contribution in [-0.4, -0.2) is 114 Å². The van der Waals surface area contributed by atoms with Crippen molar-refractivity contribution in [2.45, 2.75) is 26.4 Å². The van der Waals surface area contributed by atoms with Crippen LogP contribution in [0.15, 0.2) is 97.6 Å². The molecule has 2 saturated heterocycles. The lowest BCUT2D eigenvalue weighted by Crippen LogP contribution is -2.50. The van der Waals surface area contributed by atoms with Gasteiger partial charge in [-0.2, -0.15) is 0 Å². The second-order valence-corrected chi connectivity index (χ2v) is 16.6. The lowest BCUT2D eigenvalue weighted by atomic mass is 9.96. The van der Waals surface area contributed by atoms with Crippen LogP contribution in [0.3, 0.4) is 0 Å². The Labute approximate surface area is 377 Å². The number of methoxy groups -OCH3 is 2. The number of hydrogen-bond donors (Lipinski definition) is 1. The largest absolute Gasteiger partial charge is 0.464 e. The van der Waals surface area contributed by atoms with Crippen molar-refractivity contribution in [3.8, 4) is 44.5 Å². The normalized spacial score (nSPS) is 14.1. The van der Waals surface area contributed by atoms with Crippen molar-refractivity contribution < 1.29 is 37.4 Å². The van der Waals surface area contributed by atoms with Crippen molar-refractivity contribution in [3.63, 3.8) is 0 Å². The van der Waals surface area contributed by atoms with Crippen molar-refractivity contribution in [1.29, 1.82) is 0 Å². The topological polar surface area (TPSA) is 136 Å². The first-order valence-electron chi connectivity index (χ1n) is 21.4. The number of esters is 2. The Hall–Kier alpha value is -7.07. The van der Waals surface area contributed by atoms with Crippen LogP contribution in [0.1, 0.15) is 41.7 Å². The molecule has 0 unspecified atom stereocenters. The number of nitrogens with one attached hydrogen (secondary N) is 1. The molecule has 65 heavy (non-hydrogen) atoms. The number of nitrogens with zero attached hydrogens (tertiary/aromatic N) is 7. The molecule has 2 fully saturated rings. The molecule has 2 aliphatic rings. The number of rotatable bonds is 8. The Morgan fingerprint density at radius 1 is 0.554 bits per heavy atom. The van der Waals surface area contributed by atoms with Gasteiger partial charge >= 0.3 is 18.0 Å². The predicted molar refractivity (Wildman–Crippen MR) is 246 cm³/mol. The average molecular weight is 889 g/mol. The quantitative estimate of drug-likeness (QED) is 0.118. The fraction of sp³-hybridized carbons (Fsp3) is 0.327. The van der Waals surface area contributed by atoms with Gasteiger partial charge in [0.05, 0.1) is 14.2 Å². The van der Waals surface area contributed by atoms with Crippen LogP contribution in [0, 0.1) is 11.6 Å². The second-order valence-electron chi connectivity index (χ2n) is 16.6. The third-order valence-electron chi connectivity index (χ3n) is 11.3. The number of anilines is 2. The van der Waals surface area contributed by atoms with Gasteiger partial charge in [0, 0.05) is 113 Å². The second kappa shape index (κ2) is 19.8. The molecule has 0 spiro atoms. The van der Waals surface area contributed by atoms with E-state index in [0.29, 0.717) is 48.7 Å². The minimum Gasteiger partial charge on any atom is -0.464 e. The zero-order chi connectivity index (χ0) is 46.4. The summed E-state index contributed by atoms with van der Waals surface area (Å²) < 4.78 is 46.9. The molecule has 14 nitrogen and oxygen atoms in total. The summed E-state index contributed by atoms with van der Waals surface area (Å²) in [5.41, 5.74) is 6.62. The molecule has 4 aromatic heterocycles. The van der Waals surface area contributed by atoms with Gasteiger partial charge in [-0.25, -0.2) is 23.2 Å². The molecule has 0 bridgehead atoms. The number of benzene rings is 2. The van der Waals surface area contributed by atoms with Crippen LogP contribution >= 0.6 is 0 Å². The Bertz CT molecular complexity index is 2610. The minimum absolute atomic E-state index is 0.322. The molecule has 6 heterocycles. The summed E-state index contributed by atoms with van der Waals surface area (Å²) in [4.78, 5) is 52.8. The molecule has 6 aromatic rings. The third-order valence-corrected chi connectivity index (χ3v) is 11.3. The van der Waals surface area contributed by atoms with Crippen molar-refractivity contribution in [2.24, 2.45) is 14.1 Å². The fourth-order valence-corrected chi connectivity index (χ4v) is 8.44. The van der Waals surface area contributed by atoms with E-state index in [4.69, 9.17) is 14.2 Å². The number of aromatic nitrogens is 4. The SMILES string of the molecule is COC(=O)c1c(-c2ccc(F)cc2)c(-c2ccncc2)c(N2CCN(C(=O)OC(C)(C)C)CC2)n1C.COC(=O)c1c(-c2ccc(F)cc2)c(-c2ccncc2)c(N2CCNCC2)n1C. The van der Waals surface area contributed by atoms with E-state index in [-0.39, 0.29) is 17.7 Å². The summed E-state index contributed by atoms with van der Waals surface area (Å²) in [5, 5.41) is 3.36. The van der Waals surface area contributed by atoms with E-state index < -0.39 is 17.5 Å². The molecule has 1 amide bonds. The summed E-state index contributed by atoms with van der Waals surface area (Å²) in [6.07, 6.45) is 6.51. The van der Waals surface area contributed by atoms with Crippen LogP contribution in [0.25, 0.3) is 44.5 Å². The van der Waals surface area contributed by atoms with Gasteiger partial charge in [-0.15, -0.1) is 0 Å². The highest BCUT2D eigenvalue weighted by Crippen LogP contribution is 2.46. The number of ether oxygens (including phenoxy) is 3. The van der Waals surface area contributed by atoms with Gasteiger partial charge < -0.3 is 43.4 Å². The third kappa shape index (κ3) is 9.87. The molecule has 0 radical (unpaired) electrons. The van der Waals surface area contributed by atoms with Gasteiger partial charge in [-0.05, 0) is 91.6 Å². The van der Waals surface area contributed by atoms with E-state index in [2.05, 4.69) is 25.1 Å². The molecular formula is C49H54F2N8O6. The van der Waals surface area contributed by atoms with Gasteiger partial charge in [-0.1, -0.05) is 24.3 Å². The summed E-state index contributed by atoms with van der Waals surface area (Å²) in [6, 6.07) is 19.9. The lowest BCUT2D eigenvalue weighted by Gasteiger charge is -2.37. The highest BCUT2D eigenvalue weighted by atomic mass is 19.1. The standard InChI is InChI=1S/C27H31FN4O4.C22H23FN4O2/c1-27(2,3)36-26(34)32-16-14-31(15-17-32)24-22(19-10-12-29-13-11-19)21(18-6-8-20(28)9-7-18)23(30(24)4)25(33)35-5;1-26-20(22(28)29-2)18(15-3-5-17(23)6-4-15)19(16-7-9-24-10-8-16)21(26)27-13-11-25-12-14-27/h6-13H,14-17H2,1-5H3;3-10,25H,11-14H2,1-2H3. The number of amides is 1. The van der Waals surface area contributed by atoms with Gasteiger partial charge in [0.15, 0.2) is 0 Å². The number of carbonyl (C=O) groups is 3.